The van der Waals surface area contributed by atoms with Gasteiger partial charge in [-0.3, -0.25) is 0 Å². The predicted molar refractivity (Wildman–Crippen MR) is 126 cm³/mol. The molecule has 0 aliphatic heterocycles. The molecular formula is C24H25ClFNO5S. The van der Waals surface area contributed by atoms with Crippen molar-refractivity contribution >= 4 is 27.6 Å². The van der Waals surface area contributed by atoms with Crippen LogP contribution in [-0.4, -0.2) is 26.0 Å². The summed E-state index contributed by atoms with van der Waals surface area (Å²) in [5.41, 5.74) is 1.69. The van der Waals surface area contributed by atoms with Gasteiger partial charge in [0.15, 0.2) is 0 Å². The maximum absolute atomic E-state index is 13.8. The summed E-state index contributed by atoms with van der Waals surface area (Å²) in [7, 11) is -3.85. The van der Waals surface area contributed by atoms with Gasteiger partial charge in [0.25, 0.3) is 0 Å². The third-order valence-electron chi connectivity index (χ3n) is 5.08. The van der Waals surface area contributed by atoms with E-state index in [4.69, 9.17) is 16.3 Å². The first-order valence-corrected chi connectivity index (χ1v) is 12.1. The van der Waals surface area contributed by atoms with Gasteiger partial charge in [-0.05, 0) is 60.4 Å². The minimum atomic E-state index is -3.85. The molecule has 0 spiro atoms. The zero-order valence-electron chi connectivity index (χ0n) is 17.8. The second-order valence-corrected chi connectivity index (χ2v) is 9.43. The van der Waals surface area contributed by atoms with Gasteiger partial charge in [0.05, 0.1) is 15.5 Å². The number of halogens is 2. The molecule has 176 valence electrons. The van der Waals surface area contributed by atoms with Gasteiger partial charge in [-0.15, -0.1) is 0 Å². The van der Waals surface area contributed by atoms with E-state index in [0.29, 0.717) is 29.2 Å². The van der Waals surface area contributed by atoms with Crippen molar-refractivity contribution in [3.63, 3.8) is 0 Å². The van der Waals surface area contributed by atoms with Crippen molar-refractivity contribution in [1.82, 2.24) is 4.72 Å². The van der Waals surface area contributed by atoms with Gasteiger partial charge in [-0.25, -0.2) is 22.3 Å². The summed E-state index contributed by atoms with van der Waals surface area (Å²) in [6.45, 7) is 1.92. The molecule has 0 aliphatic rings. The summed E-state index contributed by atoms with van der Waals surface area (Å²) in [5.74, 6) is -1.08. The number of sulfonamides is 1. The monoisotopic (exact) mass is 493 g/mol. The van der Waals surface area contributed by atoms with E-state index >= 15 is 0 Å². The minimum absolute atomic E-state index is 0. The molecule has 0 atom stereocenters. The van der Waals surface area contributed by atoms with E-state index in [2.05, 4.69) is 4.72 Å². The highest BCUT2D eigenvalue weighted by Crippen LogP contribution is 2.22. The van der Waals surface area contributed by atoms with E-state index in [9.17, 15) is 22.7 Å². The Hall–Kier alpha value is -2.94. The summed E-state index contributed by atoms with van der Waals surface area (Å²) in [6, 6.07) is 15.5. The summed E-state index contributed by atoms with van der Waals surface area (Å²) in [5, 5.41) is 9.60. The number of aryl methyl sites for hydroxylation is 1. The maximum atomic E-state index is 13.8. The third kappa shape index (κ3) is 6.31. The highest BCUT2D eigenvalue weighted by atomic mass is 35.5. The molecule has 0 saturated heterocycles. The second-order valence-electron chi connectivity index (χ2n) is 7.26. The molecule has 3 aromatic rings. The lowest BCUT2D eigenvalue weighted by atomic mass is 10.1. The molecule has 9 heteroatoms. The van der Waals surface area contributed by atoms with Crippen LogP contribution in [0.4, 0.5) is 4.39 Å². The molecule has 2 N–H and O–H groups in total. The average Bonchev–Trinajstić information content (AvgIpc) is 2.79. The molecule has 3 rings (SSSR count). The number of carboxylic acids is 1. The fourth-order valence-electron chi connectivity index (χ4n) is 3.22. The highest BCUT2D eigenvalue weighted by Gasteiger charge is 2.18. The van der Waals surface area contributed by atoms with Crippen molar-refractivity contribution < 1.29 is 28.9 Å². The van der Waals surface area contributed by atoms with Crippen molar-refractivity contribution in [3.05, 3.63) is 93.8 Å². The standard InChI is InChI=1S/C24H23ClFNO5S.H2/c1-2-17-8-11-19(14-20(17)24(28)29)33(30,31)27-13-12-16-6-9-18(10-7-16)32-15-21-22(25)4-3-5-23(21)26;/h3-11,14,27H,2,12-13,15H2,1H3,(H,28,29);1H. The van der Waals surface area contributed by atoms with E-state index in [0.717, 1.165) is 5.56 Å². The van der Waals surface area contributed by atoms with Crippen molar-refractivity contribution in [3.8, 4) is 5.75 Å². The van der Waals surface area contributed by atoms with Crippen LogP contribution >= 0.6 is 11.6 Å². The molecule has 0 aliphatic carbocycles. The van der Waals surface area contributed by atoms with E-state index in [1.807, 2.05) is 0 Å². The van der Waals surface area contributed by atoms with Crippen molar-refractivity contribution in [1.29, 1.82) is 0 Å². The molecule has 3 aromatic carbocycles. The summed E-state index contributed by atoms with van der Waals surface area (Å²) in [6.07, 6.45) is 0.903. The average molecular weight is 494 g/mol. The fourth-order valence-corrected chi connectivity index (χ4v) is 4.50. The minimum Gasteiger partial charge on any atom is -0.489 e. The van der Waals surface area contributed by atoms with Gasteiger partial charge < -0.3 is 9.84 Å². The Morgan fingerprint density at radius 2 is 1.88 bits per heavy atom. The first-order chi connectivity index (χ1) is 15.7. The number of nitrogens with one attached hydrogen (secondary N) is 1. The highest BCUT2D eigenvalue weighted by molar-refractivity contribution is 7.89. The van der Waals surface area contributed by atoms with Gasteiger partial charge in [0.2, 0.25) is 10.0 Å². The van der Waals surface area contributed by atoms with E-state index in [1.54, 1.807) is 37.3 Å². The van der Waals surface area contributed by atoms with Crippen molar-refractivity contribution in [2.45, 2.75) is 31.3 Å². The van der Waals surface area contributed by atoms with E-state index < -0.39 is 21.8 Å². The smallest absolute Gasteiger partial charge is 0.336 e. The van der Waals surface area contributed by atoms with Gasteiger partial charge in [-0.2, -0.15) is 0 Å². The van der Waals surface area contributed by atoms with Crippen LogP contribution in [0.15, 0.2) is 65.6 Å². The molecule has 0 bridgehead atoms. The number of hydrogen-bond donors (Lipinski definition) is 2. The zero-order chi connectivity index (χ0) is 24.0. The van der Waals surface area contributed by atoms with Crippen LogP contribution < -0.4 is 9.46 Å². The normalized spacial score (nSPS) is 11.4. The molecule has 0 radical (unpaired) electrons. The molecule has 33 heavy (non-hydrogen) atoms. The molecular weight excluding hydrogens is 469 g/mol. The number of benzene rings is 3. The van der Waals surface area contributed by atoms with Crippen LogP contribution in [0.1, 0.15) is 35.4 Å². The van der Waals surface area contributed by atoms with Crippen LogP contribution in [0.25, 0.3) is 0 Å². The van der Waals surface area contributed by atoms with Crippen molar-refractivity contribution in [2.75, 3.05) is 6.54 Å². The fraction of sp³-hybridized carbons (Fsp3) is 0.208. The number of hydrogen-bond acceptors (Lipinski definition) is 4. The number of rotatable bonds is 10. The van der Waals surface area contributed by atoms with Crippen LogP contribution in [0.3, 0.4) is 0 Å². The number of ether oxygens (including phenoxy) is 1. The quantitative estimate of drug-likeness (QED) is 0.410. The largest absolute Gasteiger partial charge is 0.489 e. The molecule has 0 heterocycles. The van der Waals surface area contributed by atoms with Gasteiger partial charge in [0, 0.05) is 13.5 Å². The summed E-state index contributed by atoms with van der Waals surface area (Å²) >= 11 is 5.99. The SMILES string of the molecule is CCc1ccc(S(=O)(=O)NCCc2ccc(OCc3c(F)cccc3Cl)cc2)cc1C(=O)O.[HH]. The Balaban J connectivity index is 0.00000408. The predicted octanol–water partition coefficient (Wildman–Crippen LogP) is 5.09. The molecule has 0 saturated carbocycles. The lowest BCUT2D eigenvalue weighted by Crippen LogP contribution is -2.26. The molecule has 0 amide bonds. The van der Waals surface area contributed by atoms with Gasteiger partial charge in [0.1, 0.15) is 18.2 Å². The van der Waals surface area contributed by atoms with E-state index in [-0.39, 0.29) is 30.6 Å². The van der Waals surface area contributed by atoms with Crippen LogP contribution in [-0.2, 0) is 29.5 Å². The summed E-state index contributed by atoms with van der Waals surface area (Å²) in [4.78, 5) is 11.3. The Morgan fingerprint density at radius 3 is 2.52 bits per heavy atom. The lowest BCUT2D eigenvalue weighted by Gasteiger charge is -2.11. The zero-order valence-corrected chi connectivity index (χ0v) is 19.4. The van der Waals surface area contributed by atoms with Crippen LogP contribution in [0.5, 0.6) is 5.75 Å². The van der Waals surface area contributed by atoms with Gasteiger partial charge >= 0.3 is 5.97 Å². The number of carboxylic acid groups (broad SMARTS) is 1. The number of carbonyl (C=O) groups is 1. The van der Waals surface area contributed by atoms with Crippen LogP contribution in [0.2, 0.25) is 5.02 Å². The Morgan fingerprint density at radius 1 is 1.15 bits per heavy atom. The summed E-state index contributed by atoms with van der Waals surface area (Å²) < 4.78 is 47.0. The molecule has 0 unspecified atom stereocenters. The second kappa shape index (κ2) is 10.8. The maximum Gasteiger partial charge on any atom is 0.336 e. The Bertz CT molecular complexity index is 1230. The van der Waals surface area contributed by atoms with Gasteiger partial charge in [-0.1, -0.05) is 42.8 Å². The van der Waals surface area contributed by atoms with E-state index in [1.165, 1.54) is 30.3 Å². The van der Waals surface area contributed by atoms with Crippen molar-refractivity contribution in [2.24, 2.45) is 0 Å². The molecule has 6 nitrogen and oxygen atoms in total. The topological polar surface area (TPSA) is 92.7 Å². The first-order valence-electron chi connectivity index (χ1n) is 10.2. The van der Waals surface area contributed by atoms with Crippen LogP contribution in [0, 0.1) is 5.82 Å². The first kappa shape index (κ1) is 24.7. The molecule has 0 fully saturated rings. The lowest BCUT2D eigenvalue weighted by molar-refractivity contribution is 0.0695. The Labute approximate surface area is 198 Å². The number of aromatic carboxylic acids is 1. The Kier molecular flexibility index (Phi) is 8.07. The molecule has 0 aromatic heterocycles. The third-order valence-corrected chi connectivity index (χ3v) is 6.89.